The lowest BCUT2D eigenvalue weighted by molar-refractivity contribution is 1.29. The lowest BCUT2D eigenvalue weighted by Crippen LogP contribution is -2.09. The van der Waals surface area contributed by atoms with Gasteiger partial charge < -0.3 is 4.90 Å². The minimum atomic E-state index is 1.12. The Morgan fingerprint density at radius 1 is 0.308 bits per heavy atom. The molecule has 0 spiro atoms. The van der Waals surface area contributed by atoms with Gasteiger partial charge >= 0.3 is 0 Å². The summed E-state index contributed by atoms with van der Waals surface area (Å²) >= 11 is 1.87. The first kappa shape index (κ1) is 30.4. The van der Waals surface area contributed by atoms with Crippen LogP contribution in [0.4, 0.5) is 17.1 Å². The number of fused-ring (bicyclic) bond motifs is 5. The van der Waals surface area contributed by atoms with Gasteiger partial charge in [0.1, 0.15) is 0 Å². The summed E-state index contributed by atoms with van der Waals surface area (Å²) in [5, 5.41) is 7.63. The Morgan fingerprint density at radius 2 is 0.942 bits per heavy atom. The van der Waals surface area contributed by atoms with Crippen LogP contribution in [0.1, 0.15) is 0 Å². The fourth-order valence-corrected chi connectivity index (χ4v) is 8.89. The number of thiophene rings is 1. The molecule has 244 valence electrons. The lowest BCUT2D eigenvalue weighted by Gasteiger charge is -2.26. The third kappa shape index (κ3) is 5.24. The molecule has 0 unspecified atom stereocenters. The molecule has 0 aliphatic heterocycles. The number of benzene rings is 9. The van der Waals surface area contributed by atoms with Gasteiger partial charge in [-0.05, 0) is 110 Å². The normalized spacial score (nSPS) is 11.5. The molecule has 1 heterocycles. The average Bonchev–Trinajstić information content (AvgIpc) is 3.60. The molecule has 0 aliphatic carbocycles. The second kappa shape index (κ2) is 12.7. The van der Waals surface area contributed by atoms with E-state index in [9.17, 15) is 0 Å². The van der Waals surface area contributed by atoms with E-state index < -0.39 is 0 Å². The van der Waals surface area contributed by atoms with Gasteiger partial charge in [-0.3, -0.25) is 0 Å². The molecule has 52 heavy (non-hydrogen) atoms. The monoisotopic (exact) mass is 679 g/mol. The summed E-state index contributed by atoms with van der Waals surface area (Å²) in [5.41, 5.74) is 10.8. The average molecular weight is 680 g/mol. The predicted octanol–water partition coefficient (Wildman–Crippen LogP) is 14.8. The summed E-state index contributed by atoms with van der Waals surface area (Å²) in [5.74, 6) is 0. The van der Waals surface area contributed by atoms with Crippen LogP contribution in [0.3, 0.4) is 0 Å². The fourth-order valence-electron chi connectivity index (χ4n) is 7.78. The lowest BCUT2D eigenvalue weighted by atomic mass is 9.90. The van der Waals surface area contributed by atoms with Gasteiger partial charge in [0, 0.05) is 37.2 Å². The van der Waals surface area contributed by atoms with E-state index in [4.69, 9.17) is 0 Å². The molecule has 0 amide bonds. The van der Waals surface area contributed by atoms with E-state index in [2.05, 4.69) is 205 Å². The van der Waals surface area contributed by atoms with Crippen LogP contribution in [0, 0.1) is 0 Å². The van der Waals surface area contributed by atoms with Crippen molar-refractivity contribution in [3.05, 3.63) is 200 Å². The van der Waals surface area contributed by atoms with Crippen molar-refractivity contribution in [3.8, 4) is 33.4 Å². The summed E-state index contributed by atoms with van der Waals surface area (Å²) in [6.07, 6.45) is 0. The van der Waals surface area contributed by atoms with Crippen molar-refractivity contribution >= 4 is 70.1 Å². The molecule has 0 saturated carbocycles. The number of nitrogens with zero attached hydrogens (tertiary/aromatic N) is 1. The van der Waals surface area contributed by atoms with Crippen molar-refractivity contribution in [2.24, 2.45) is 0 Å². The molecule has 2 heteroatoms. The third-order valence-corrected chi connectivity index (χ3v) is 11.4. The van der Waals surface area contributed by atoms with E-state index in [1.807, 2.05) is 11.3 Å². The molecule has 0 saturated heterocycles. The van der Waals surface area contributed by atoms with Crippen molar-refractivity contribution in [1.29, 1.82) is 0 Å². The zero-order valence-electron chi connectivity index (χ0n) is 28.4. The van der Waals surface area contributed by atoms with Gasteiger partial charge in [0.05, 0.1) is 0 Å². The van der Waals surface area contributed by atoms with E-state index in [1.54, 1.807) is 0 Å². The summed E-state index contributed by atoms with van der Waals surface area (Å²) in [6.45, 7) is 0. The first-order chi connectivity index (χ1) is 25.8. The van der Waals surface area contributed by atoms with E-state index >= 15 is 0 Å². The Morgan fingerprint density at radius 3 is 1.75 bits per heavy atom. The van der Waals surface area contributed by atoms with Crippen molar-refractivity contribution in [1.82, 2.24) is 0 Å². The van der Waals surface area contributed by atoms with Crippen LogP contribution in [-0.4, -0.2) is 0 Å². The maximum Gasteiger partial charge on any atom is 0.0468 e. The zero-order valence-corrected chi connectivity index (χ0v) is 29.2. The Labute approximate surface area is 307 Å². The van der Waals surface area contributed by atoms with E-state index in [0.717, 1.165) is 17.1 Å². The van der Waals surface area contributed by atoms with Crippen LogP contribution < -0.4 is 4.90 Å². The van der Waals surface area contributed by atoms with Crippen molar-refractivity contribution < 1.29 is 0 Å². The molecular formula is C50H33NS. The quantitative estimate of drug-likeness (QED) is 0.169. The molecule has 0 N–H and O–H groups in total. The van der Waals surface area contributed by atoms with Gasteiger partial charge in [0.2, 0.25) is 0 Å². The smallest absolute Gasteiger partial charge is 0.0468 e. The topological polar surface area (TPSA) is 3.24 Å². The summed E-state index contributed by atoms with van der Waals surface area (Å²) in [7, 11) is 0. The number of hydrogen-bond acceptors (Lipinski definition) is 2. The Balaban J connectivity index is 1.12. The molecule has 1 aromatic heterocycles. The minimum absolute atomic E-state index is 1.12. The van der Waals surface area contributed by atoms with E-state index in [-0.39, 0.29) is 0 Å². The Bertz CT molecular complexity index is 2890. The van der Waals surface area contributed by atoms with Gasteiger partial charge in [-0.1, -0.05) is 146 Å². The van der Waals surface area contributed by atoms with Gasteiger partial charge in [-0.25, -0.2) is 0 Å². The highest BCUT2D eigenvalue weighted by atomic mass is 32.1. The molecule has 10 rings (SSSR count). The largest absolute Gasteiger partial charge is 0.310 e. The SMILES string of the molecule is c1ccc(-c2ccc(-c3cccc4sc5ccc(N(c6ccccc6)c6ccc(-c7ccc8ccccc8c7)cc6)cc5c34)c3ccccc23)cc1. The van der Waals surface area contributed by atoms with Crippen molar-refractivity contribution in [2.45, 2.75) is 0 Å². The number of anilines is 3. The summed E-state index contributed by atoms with van der Waals surface area (Å²) in [4.78, 5) is 2.37. The molecule has 0 atom stereocenters. The molecule has 9 aromatic carbocycles. The van der Waals surface area contributed by atoms with E-state index in [1.165, 1.54) is 75.1 Å². The molecule has 10 aromatic rings. The molecule has 0 fully saturated rings. The Hall–Kier alpha value is -6.48. The fraction of sp³-hybridized carbons (Fsp3) is 0. The number of hydrogen-bond donors (Lipinski definition) is 0. The molecule has 1 nitrogen and oxygen atoms in total. The predicted molar refractivity (Wildman–Crippen MR) is 225 cm³/mol. The van der Waals surface area contributed by atoms with Gasteiger partial charge in [-0.2, -0.15) is 0 Å². The highest BCUT2D eigenvalue weighted by Gasteiger charge is 2.18. The van der Waals surface area contributed by atoms with Crippen LogP contribution in [0.2, 0.25) is 0 Å². The highest BCUT2D eigenvalue weighted by molar-refractivity contribution is 7.26. The van der Waals surface area contributed by atoms with Crippen LogP contribution in [0.25, 0.3) is 75.1 Å². The molecule has 0 bridgehead atoms. The number of rotatable bonds is 6. The van der Waals surface area contributed by atoms with Crippen LogP contribution >= 0.6 is 11.3 Å². The second-order valence-corrected chi connectivity index (χ2v) is 14.4. The van der Waals surface area contributed by atoms with Crippen LogP contribution in [0.15, 0.2) is 200 Å². The zero-order chi connectivity index (χ0) is 34.4. The molecule has 0 aliphatic rings. The second-order valence-electron chi connectivity index (χ2n) is 13.3. The third-order valence-electron chi connectivity index (χ3n) is 10.3. The van der Waals surface area contributed by atoms with Gasteiger partial charge in [0.25, 0.3) is 0 Å². The first-order valence-corrected chi connectivity index (χ1v) is 18.6. The van der Waals surface area contributed by atoms with Crippen LogP contribution in [0.5, 0.6) is 0 Å². The van der Waals surface area contributed by atoms with E-state index in [0.29, 0.717) is 0 Å². The maximum atomic E-state index is 2.39. The van der Waals surface area contributed by atoms with Crippen LogP contribution in [-0.2, 0) is 0 Å². The highest BCUT2D eigenvalue weighted by Crippen LogP contribution is 2.46. The maximum absolute atomic E-state index is 2.39. The van der Waals surface area contributed by atoms with Gasteiger partial charge in [-0.15, -0.1) is 11.3 Å². The standard InChI is InChI=1S/C50H33NS/c1-3-13-36(14-4-1)42-29-30-45(44-19-10-9-18-43(42)44)46-20-11-21-49-50(46)47-33-41(28-31-48(47)52-49)51(39-16-5-2-6-17-39)40-26-24-35(25-27-40)38-23-22-34-12-7-8-15-37(34)32-38/h1-33H. The number of para-hydroxylation sites is 1. The van der Waals surface area contributed by atoms with Crippen molar-refractivity contribution in [3.63, 3.8) is 0 Å². The Kier molecular flexibility index (Phi) is 7.41. The van der Waals surface area contributed by atoms with Crippen molar-refractivity contribution in [2.75, 3.05) is 4.90 Å². The van der Waals surface area contributed by atoms with Gasteiger partial charge in [0.15, 0.2) is 0 Å². The summed E-state index contributed by atoms with van der Waals surface area (Å²) < 4.78 is 2.59. The molecular weight excluding hydrogens is 647 g/mol. The first-order valence-electron chi connectivity index (χ1n) is 17.8. The summed E-state index contributed by atoms with van der Waals surface area (Å²) in [6, 6.07) is 72.9. The minimum Gasteiger partial charge on any atom is -0.310 e. The molecule has 0 radical (unpaired) electrons.